The highest BCUT2D eigenvalue weighted by molar-refractivity contribution is 7.98. The summed E-state index contributed by atoms with van der Waals surface area (Å²) in [4.78, 5) is 43.3. The van der Waals surface area contributed by atoms with Gasteiger partial charge in [0.25, 0.3) is 5.91 Å². The third-order valence-electron chi connectivity index (χ3n) is 7.42. The minimum Gasteiger partial charge on any atom is -0.481 e. The molecule has 2 fully saturated rings. The molecule has 2 aromatic carbocycles. The Labute approximate surface area is 204 Å². The van der Waals surface area contributed by atoms with Crippen molar-refractivity contribution in [2.75, 3.05) is 11.2 Å². The van der Waals surface area contributed by atoms with E-state index in [1.807, 2.05) is 64.6 Å². The van der Waals surface area contributed by atoms with Crippen molar-refractivity contribution < 1.29 is 19.5 Å². The van der Waals surface area contributed by atoms with Crippen LogP contribution in [0.1, 0.15) is 66.9 Å². The summed E-state index contributed by atoms with van der Waals surface area (Å²) in [5.41, 5.74) is 2.56. The molecule has 2 amide bonds. The Morgan fingerprint density at radius 2 is 1.74 bits per heavy atom. The van der Waals surface area contributed by atoms with Crippen LogP contribution in [0.15, 0.2) is 53.4 Å². The van der Waals surface area contributed by atoms with E-state index >= 15 is 0 Å². The topological polar surface area (TPSA) is 77.9 Å². The highest BCUT2D eigenvalue weighted by Crippen LogP contribution is 2.52. The average Bonchev–Trinajstić information content (AvgIpc) is 3.57. The highest BCUT2D eigenvalue weighted by Gasteiger charge is 2.51. The van der Waals surface area contributed by atoms with Crippen molar-refractivity contribution in [1.29, 1.82) is 0 Å². The van der Waals surface area contributed by atoms with Gasteiger partial charge in [-0.15, -0.1) is 11.8 Å². The van der Waals surface area contributed by atoms with Gasteiger partial charge in [-0.3, -0.25) is 14.4 Å². The Hall–Kier alpha value is -2.80. The monoisotopic (exact) mass is 478 g/mol. The number of carbonyl (C=O) groups excluding carboxylic acids is 2. The zero-order valence-electron chi connectivity index (χ0n) is 19.4. The fraction of sp³-hybridized carbons (Fsp3) is 0.444. The minimum atomic E-state index is -0.948. The van der Waals surface area contributed by atoms with Gasteiger partial charge in [-0.1, -0.05) is 24.6 Å². The van der Waals surface area contributed by atoms with Gasteiger partial charge < -0.3 is 14.9 Å². The van der Waals surface area contributed by atoms with Crippen LogP contribution in [0.2, 0.25) is 0 Å². The maximum absolute atomic E-state index is 13.8. The predicted octanol–water partition coefficient (Wildman–Crippen LogP) is 5.13. The first kappa shape index (κ1) is 23.0. The molecule has 0 bridgehead atoms. The second-order valence-electron chi connectivity index (χ2n) is 9.50. The van der Waals surface area contributed by atoms with Gasteiger partial charge in [-0.25, -0.2) is 0 Å². The molecule has 0 saturated heterocycles. The molecule has 3 aliphatic rings. The summed E-state index contributed by atoms with van der Waals surface area (Å²) in [6.45, 7) is 0. The summed E-state index contributed by atoms with van der Waals surface area (Å²) < 4.78 is 0. The van der Waals surface area contributed by atoms with Crippen LogP contribution in [0.4, 0.5) is 5.69 Å². The van der Waals surface area contributed by atoms with E-state index in [0.717, 1.165) is 48.3 Å². The molecular formula is C27H30N2O4S. The standard InChI is InChI=1S/C27H30N2O4S/c1-34-19-13-9-17(10-14-19)27(33)29-22-7-3-2-5-20(22)26(21-6-4-8-23(21)29)28(18-11-12-18)24(30)15-16-25(31)32/h2-3,5,7,9-10,13-14,18,21,23,26H,4,6,8,11-12,15-16H2,1H3,(H,31,32). The van der Waals surface area contributed by atoms with Crippen molar-refractivity contribution in [3.8, 4) is 0 Å². The van der Waals surface area contributed by atoms with Gasteiger partial charge in [0.15, 0.2) is 0 Å². The molecule has 6 nitrogen and oxygen atoms in total. The first-order valence-electron chi connectivity index (χ1n) is 12.1. The lowest BCUT2D eigenvalue weighted by Gasteiger charge is -2.48. The fourth-order valence-corrected chi connectivity index (χ4v) is 6.20. The van der Waals surface area contributed by atoms with Crippen LogP contribution in [-0.2, 0) is 9.59 Å². The molecule has 34 heavy (non-hydrogen) atoms. The van der Waals surface area contributed by atoms with Gasteiger partial charge in [0, 0.05) is 40.6 Å². The van der Waals surface area contributed by atoms with Crippen LogP contribution in [0, 0.1) is 5.92 Å². The molecule has 0 radical (unpaired) electrons. The van der Waals surface area contributed by atoms with E-state index in [1.54, 1.807) is 11.8 Å². The van der Waals surface area contributed by atoms with Crippen molar-refractivity contribution in [2.45, 2.75) is 68.0 Å². The summed E-state index contributed by atoms with van der Waals surface area (Å²) in [6, 6.07) is 15.8. The number of nitrogens with zero attached hydrogens (tertiary/aromatic N) is 2. The minimum absolute atomic E-state index is 0.00521. The molecule has 7 heteroatoms. The van der Waals surface area contributed by atoms with Crippen molar-refractivity contribution in [2.24, 2.45) is 5.92 Å². The Balaban J connectivity index is 1.54. The van der Waals surface area contributed by atoms with Crippen molar-refractivity contribution in [3.05, 3.63) is 59.7 Å². The lowest BCUT2D eigenvalue weighted by atomic mass is 9.81. The molecule has 178 valence electrons. The lowest BCUT2D eigenvalue weighted by Crippen LogP contribution is -2.52. The van der Waals surface area contributed by atoms with Crippen molar-refractivity contribution in [3.63, 3.8) is 0 Å². The molecule has 2 aliphatic carbocycles. The summed E-state index contributed by atoms with van der Waals surface area (Å²) in [5, 5.41) is 9.14. The number of anilines is 1. The summed E-state index contributed by atoms with van der Waals surface area (Å²) in [6.07, 6.45) is 6.67. The number of thioether (sulfide) groups is 1. The molecule has 1 aliphatic heterocycles. The number of carboxylic acids is 1. The fourth-order valence-electron chi connectivity index (χ4n) is 5.79. The smallest absolute Gasteiger partial charge is 0.303 e. The second kappa shape index (κ2) is 9.45. The third-order valence-corrected chi connectivity index (χ3v) is 8.16. The average molecular weight is 479 g/mol. The van der Waals surface area contributed by atoms with Crippen molar-refractivity contribution >= 4 is 35.2 Å². The Bertz CT molecular complexity index is 1100. The largest absolute Gasteiger partial charge is 0.481 e. The summed E-state index contributed by atoms with van der Waals surface area (Å²) >= 11 is 1.65. The van der Waals surface area contributed by atoms with Crippen LogP contribution in [0.25, 0.3) is 0 Å². The number of carboxylic acid groups (broad SMARTS) is 1. The van der Waals surface area contributed by atoms with Crippen LogP contribution < -0.4 is 4.90 Å². The number of amides is 2. The Morgan fingerprint density at radius 1 is 1.00 bits per heavy atom. The molecule has 1 heterocycles. The number of carbonyl (C=O) groups is 3. The quantitative estimate of drug-likeness (QED) is 0.558. The number of benzene rings is 2. The molecular weight excluding hydrogens is 448 g/mol. The number of hydrogen-bond acceptors (Lipinski definition) is 4. The molecule has 5 rings (SSSR count). The van der Waals surface area contributed by atoms with E-state index in [1.165, 1.54) is 0 Å². The zero-order valence-corrected chi connectivity index (χ0v) is 20.2. The molecule has 3 atom stereocenters. The molecule has 1 N–H and O–H groups in total. The maximum Gasteiger partial charge on any atom is 0.303 e. The predicted molar refractivity (Wildman–Crippen MR) is 132 cm³/mol. The Kier molecular flexibility index (Phi) is 6.38. The number of aliphatic carboxylic acids is 1. The van der Waals surface area contributed by atoms with Gasteiger partial charge in [-0.2, -0.15) is 0 Å². The summed E-state index contributed by atoms with van der Waals surface area (Å²) in [7, 11) is 0. The van der Waals surface area contributed by atoms with E-state index in [2.05, 4.69) is 0 Å². The van der Waals surface area contributed by atoms with E-state index in [-0.39, 0.29) is 48.7 Å². The molecule has 2 aromatic rings. The lowest BCUT2D eigenvalue weighted by molar-refractivity contribution is -0.142. The van der Waals surface area contributed by atoms with Crippen LogP contribution in [0.3, 0.4) is 0 Å². The van der Waals surface area contributed by atoms with Gasteiger partial charge >= 0.3 is 5.97 Å². The van der Waals surface area contributed by atoms with Crippen LogP contribution >= 0.6 is 11.8 Å². The normalized spacial score (nSPS) is 23.2. The highest BCUT2D eigenvalue weighted by atomic mass is 32.2. The molecule has 0 spiro atoms. The van der Waals surface area contributed by atoms with Crippen molar-refractivity contribution in [1.82, 2.24) is 4.90 Å². The van der Waals surface area contributed by atoms with Gasteiger partial charge in [0.1, 0.15) is 0 Å². The first-order valence-corrected chi connectivity index (χ1v) is 13.3. The maximum atomic E-state index is 13.8. The summed E-state index contributed by atoms with van der Waals surface area (Å²) in [5.74, 6) is -0.872. The Morgan fingerprint density at radius 3 is 2.41 bits per heavy atom. The molecule has 0 aromatic heterocycles. The third kappa shape index (κ3) is 4.22. The number of para-hydroxylation sites is 1. The van der Waals surface area contributed by atoms with E-state index in [9.17, 15) is 14.4 Å². The van der Waals surface area contributed by atoms with Crippen LogP contribution in [0.5, 0.6) is 0 Å². The zero-order chi connectivity index (χ0) is 23.8. The SMILES string of the molecule is CSc1ccc(C(=O)N2c3ccccc3C(N(C(=O)CCC(=O)O)C3CC3)C3CCCC32)cc1. The number of rotatable bonds is 7. The number of hydrogen-bond donors (Lipinski definition) is 1. The van der Waals surface area contributed by atoms with Gasteiger partial charge in [-0.05, 0) is 67.8 Å². The first-order chi connectivity index (χ1) is 16.5. The van der Waals surface area contributed by atoms with E-state index < -0.39 is 5.97 Å². The van der Waals surface area contributed by atoms with Crippen LogP contribution in [-0.4, -0.2) is 46.1 Å². The van der Waals surface area contributed by atoms with Gasteiger partial charge in [0.05, 0.1) is 12.5 Å². The number of fused-ring (bicyclic) bond motifs is 2. The van der Waals surface area contributed by atoms with E-state index in [4.69, 9.17) is 5.11 Å². The molecule has 3 unspecified atom stereocenters. The second-order valence-corrected chi connectivity index (χ2v) is 10.4. The molecule has 2 saturated carbocycles. The van der Waals surface area contributed by atoms with Gasteiger partial charge in [0.2, 0.25) is 5.91 Å². The van der Waals surface area contributed by atoms with E-state index in [0.29, 0.717) is 5.56 Å².